The molecule has 0 spiro atoms. The van der Waals surface area contributed by atoms with Crippen molar-refractivity contribution in [2.75, 3.05) is 23.3 Å². The molecule has 1 aliphatic rings. The zero-order valence-electron chi connectivity index (χ0n) is 17.6. The largest absolute Gasteiger partial charge is 0.436 e. The predicted molar refractivity (Wildman–Crippen MR) is 118 cm³/mol. The molecular formula is C24H25FN4O2. The highest BCUT2D eigenvalue weighted by Crippen LogP contribution is 2.31. The Balaban J connectivity index is 1.47. The van der Waals surface area contributed by atoms with E-state index in [1.165, 1.54) is 6.07 Å². The number of piperidine rings is 1. The van der Waals surface area contributed by atoms with Crippen LogP contribution >= 0.6 is 0 Å². The Morgan fingerprint density at radius 2 is 1.90 bits per heavy atom. The summed E-state index contributed by atoms with van der Waals surface area (Å²) in [4.78, 5) is 23.7. The molecule has 1 N–H and O–H groups in total. The van der Waals surface area contributed by atoms with Gasteiger partial charge in [0.25, 0.3) is 5.88 Å². The standard InChI is InChI=1S/C24H25FN4O2/c1-16-5-9-20(10-6-16)31-24-22(26-11-12-27-24)29-13-3-4-18(15-29)23(30)28-19-8-7-17(2)21(25)14-19/h5-12,14,18H,3-4,13,15H2,1-2H3,(H,28,30). The van der Waals surface area contributed by atoms with E-state index in [0.717, 1.165) is 24.9 Å². The van der Waals surface area contributed by atoms with Crippen LogP contribution in [0.25, 0.3) is 0 Å². The topological polar surface area (TPSA) is 67.4 Å². The summed E-state index contributed by atoms with van der Waals surface area (Å²) in [7, 11) is 0. The highest BCUT2D eigenvalue weighted by Gasteiger charge is 2.28. The first-order valence-electron chi connectivity index (χ1n) is 10.4. The first-order valence-corrected chi connectivity index (χ1v) is 10.4. The van der Waals surface area contributed by atoms with Crippen molar-refractivity contribution in [2.45, 2.75) is 26.7 Å². The van der Waals surface area contributed by atoms with Gasteiger partial charge in [-0.2, -0.15) is 0 Å². The van der Waals surface area contributed by atoms with Crippen LogP contribution in [0.15, 0.2) is 54.9 Å². The predicted octanol–water partition coefficient (Wildman–Crippen LogP) is 4.88. The maximum absolute atomic E-state index is 13.8. The summed E-state index contributed by atoms with van der Waals surface area (Å²) >= 11 is 0. The lowest BCUT2D eigenvalue weighted by atomic mass is 9.97. The Morgan fingerprint density at radius 3 is 2.68 bits per heavy atom. The molecule has 31 heavy (non-hydrogen) atoms. The van der Waals surface area contributed by atoms with Crippen LogP contribution in [0.3, 0.4) is 0 Å². The average Bonchev–Trinajstić information content (AvgIpc) is 2.78. The molecule has 1 aromatic heterocycles. The number of carbonyl (C=O) groups is 1. The van der Waals surface area contributed by atoms with Crippen LogP contribution in [0.4, 0.5) is 15.9 Å². The number of rotatable bonds is 5. The van der Waals surface area contributed by atoms with Gasteiger partial charge in [0.1, 0.15) is 11.6 Å². The Bertz CT molecular complexity index is 1070. The molecule has 1 amide bonds. The molecule has 4 rings (SSSR count). The SMILES string of the molecule is Cc1ccc(Oc2nccnc2N2CCCC(C(=O)Nc3ccc(C)c(F)c3)C2)cc1. The molecule has 7 heteroatoms. The van der Waals surface area contributed by atoms with Crippen LogP contribution in [0, 0.1) is 25.6 Å². The second kappa shape index (κ2) is 9.12. The molecule has 0 aliphatic carbocycles. The third kappa shape index (κ3) is 4.99. The monoisotopic (exact) mass is 420 g/mol. The van der Waals surface area contributed by atoms with Gasteiger partial charge in [0.15, 0.2) is 5.82 Å². The Labute approximate surface area is 181 Å². The fourth-order valence-electron chi connectivity index (χ4n) is 3.62. The van der Waals surface area contributed by atoms with E-state index >= 15 is 0 Å². The molecule has 2 heterocycles. The minimum absolute atomic E-state index is 0.127. The van der Waals surface area contributed by atoms with Crippen LogP contribution in [-0.2, 0) is 4.79 Å². The number of anilines is 2. The van der Waals surface area contributed by atoms with E-state index in [1.807, 2.05) is 36.1 Å². The second-order valence-corrected chi connectivity index (χ2v) is 7.84. The van der Waals surface area contributed by atoms with E-state index in [2.05, 4.69) is 15.3 Å². The molecule has 1 fully saturated rings. The van der Waals surface area contributed by atoms with E-state index in [9.17, 15) is 9.18 Å². The quantitative estimate of drug-likeness (QED) is 0.637. The lowest BCUT2D eigenvalue weighted by Gasteiger charge is -2.33. The maximum Gasteiger partial charge on any atom is 0.263 e. The van der Waals surface area contributed by atoms with Crippen molar-refractivity contribution in [1.82, 2.24) is 9.97 Å². The minimum atomic E-state index is -0.333. The summed E-state index contributed by atoms with van der Waals surface area (Å²) in [6.07, 6.45) is 4.80. The molecule has 0 radical (unpaired) electrons. The Kier molecular flexibility index (Phi) is 6.11. The molecule has 3 aromatic rings. The van der Waals surface area contributed by atoms with Gasteiger partial charge < -0.3 is 15.0 Å². The molecule has 1 saturated heterocycles. The molecule has 1 unspecified atom stereocenters. The van der Waals surface area contributed by atoms with E-state index < -0.39 is 0 Å². The van der Waals surface area contributed by atoms with Crippen molar-refractivity contribution in [2.24, 2.45) is 5.92 Å². The first-order chi connectivity index (χ1) is 15.0. The fourth-order valence-corrected chi connectivity index (χ4v) is 3.62. The summed E-state index contributed by atoms with van der Waals surface area (Å²) in [5, 5.41) is 2.84. The minimum Gasteiger partial charge on any atom is -0.436 e. The number of hydrogen-bond donors (Lipinski definition) is 1. The number of aryl methyl sites for hydroxylation is 2. The smallest absolute Gasteiger partial charge is 0.263 e. The summed E-state index contributed by atoms with van der Waals surface area (Å²) in [5.74, 6) is 1.00. The van der Waals surface area contributed by atoms with Crippen LogP contribution in [0.1, 0.15) is 24.0 Å². The van der Waals surface area contributed by atoms with Gasteiger partial charge in [0.2, 0.25) is 5.91 Å². The molecule has 0 bridgehead atoms. The second-order valence-electron chi connectivity index (χ2n) is 7.84. The highest BCUT2D eigenvalue weighted by atomic mass is 19.1. The van der Waals surface area contributed by atoms with Gasteiger partial charge in [-0.15, -0.1) is 0 Å². The average molecular weight is 420 g/mol. The van der Waals surface area contributed by atoms with Crippen molar-refractivity contribution < 1.29 is 13.9 Å². The van der Waals surface area contributed by atoms with Crippen LogP contribution in [-0.4, -0.2) is 29.0 Å². The number of benzene rings is 2. The van der Waals surface area contributed by atoms with Crippen molar-refractivity contribution in [3.63, 3.8) is 0 Å². The number of hydrogen-bond acceptors (Lipinski definition) is 5. The Hall–Kier alpha value is -3.48. The van der Waals surface area contributed by atoms with Crippen molar-refractivity contribution in [1.29, 1.82) is 0 Å². The van der Waals surface area contributed by atoms with E-state index in [-0.39, 0.29) is 17.6 Å². The van der Waals surface area contributed by atoms with Gasteiger partial charge in [-0.25, -0.2) is 14.4 Å². The molecule has 0 saturated carbocycles. The summed E-state index contributed by atoms with van der Waals surface area (Å²) in [6.45, 7) is 4.95. The lowest BCUT2D eigenvalue weighted by Crippen LogP contribution is -2.41. The zero-order chi connectivity index (χ0) is 21.8. The molecule has 160 valence electrons. The fraction of sp³-hybridized carbons (Fsp3) is 0.292. The van der Waals surface area contributed by atoms with E-state index in [0.29, 0.717) is 35.2 Å². The van der Waals surface area contributed by atoms with Crippen LogP contribution in [0.2, 0.25) is 0 Å². The van der Waals surface area contributed by atoms with Gasteiger partial charge in [-0.05, 0) is 56.5 Å². The molecular weight excluding hydrogens is 395 g/mol. The summed E-state index contributed by atoms with van der Waals surface area (Å²) in [5.41, 5.74) is 2.16. The molecule has 1 aliphatic heterocycles. The summed E-state index contributed by atoms with van der Waals surface area (Å²) in [6, 6.07) is 12.5. The Morgan fingerprint density at radius 1 is 1.13 bits per heavy atom. The van der Waals surface area contributed by atoms with Gasteiger partial charge in [-0.1, -0.05) is 23.8 Å². The number of aromatic nitrogens is 2. The van der Waals surface area contributed by atoms with E-state index in [4.69, 9.17) is 4.74 Å². The number of nitrogens with zero attached hydrogens (tertiary/aromatic N) is 3. The lowest BCUT2D eigenvalue weighted by molar-refractivity contribution is -0.120. The van der Waals surface area contributed by atoms with Crippen LogP contribution in [0.5, 0.6) is 11.6 Å². The number of nitrogens with one attached hydrogen (secondary N) is 1. The number of carbonyl (C=O) groups excluding carboxylic acids is 1. The van der Waals surface area contributed by atoms with Gasteiger partial charge in [0.05, 0.1) is 5.92 Å². The third-order valence-corrected chi connectivity index (χ3v) is 5.41. The molecule has 1 atom stereocenters. The third-order valence-electron chi connectivity index (χ3n) is 5.41. The number of halogens is 1. The highest BCUT2D eigenvalue weighted by molar-refractivity contribution is 5.93. The molecule has 2 aromatic carbocycles. The van der Waals surface area contributed by atoms with Crippen molar-refractivity contribution >= 4 is 17.4 Å². The van der Waals surface area contributed by atoms with Crippen molar-refractivity contribution in [3.8, 4) is 11.6 Å². The number of ether oxygens (including phenoxy) is 1. The first kappa shape index (κ1) is 20.8. The zero-order valence-corrected chi connectivity index (χ0v) is 17.6. The van der Waals surface area contributed by atoms with Crippen molar-refractivity contribution in [3.05, 3.63) is 71.8 Å². The summed E-state index contributed by atoms with van der Waals surface area (Å²) < 4.78 is 19.8. The molecule has 6 nitrogen and oxygen atoms in total. The van der Waals surface area contributed by atoms with Gasteiger partial charge in [-0.3, -0.25) is 4.79 Å². The number of amides is 1. The normalized spacial score (nSPS) is 16.1. The van der Waals surface area contributed by atoms with E-state index in [1.54, 1.807) is 31.5 Å². The van der Waals surface area contributed by atoms with Gasteiger partial charge in [0, 0.05) is 31.2 Å². The maximum atomic E-state index is 13.8. The van der Waals surface area contributed by atoms with Gasteiger partial charge >= 0.3 is 0 Å². The van der Waals surface area contributed by atoms with Crippen LogP contribution < -0.4 is 15.0 Å².